The highest BCUT2D eigenvalue weighted by atomic mass is 19.4. The Balaban J connectivity index is 1.66. The number of ether oxygens (including phenoxy) is 1. The van der Waals surface area contributed by atoms with E-state index in [1.165, 1.54) is 63.5 Å². The first-order valence-electron chi connectivity index (χ1n) is 9.76. The molecule has 1 aromatic rings. The van der Waals surface area contributed by atoms with Gasteiger partial charge in [0, 0.05) is 6.42 Å². The molecular formula is C21H29F3O2. The molecule has 0 N–H and O–H groups in total. The van der Waals surface area contributed by atoms with Gasteiger partial charge in [0.1, 0.15) is 5.75 Å². The molecule has 0 unspecified atom stereocenters. The van der Waals surface area contributed by atoms with Crippen LogP contribution in [0.5, 0.6) is 5.75 Å². The summed E-state index contributed by atoms with van der Waals surface area (Å²) >= 11 is 0. The van der Waals surface area contributed by atoms with Crippen molar-refractivity contribution >= 4 is 5.97 Å². The van der Waals surface area contributed by atoms with E-state index in [-0.39, 0.29) is 11.7 Å². The average Bonchev–Trinajstić information content (AvgIpc) is 2.61. The molecule has 0 aromatic heterocycles. The van der Waals surface area contributed by atoms with Gasteiger partial charge in [-0.25, -0.2) is 0 Å². The van der Waals surface area contributed by atoms with Crippen molar-refractivity contribution in [3.63, 3.8) is 0 Å². The van der Waals surface area contributed by atoms with Gasteiger partial charge in [-0.3, -0.25) is 4.79 Å². The summed E-state index contributed by atoms with van der Waals surface area (Å²) in [7, 11) is 0. The lowest BCUT2D eigenvalue weighted by atomic mass is 9.78. The van der Waals surface area contributed by atoms with E-state index in [2.05, 4.69) is 6.92 Å². The van der Waals surface area contributed by atoms with Gasteiger partial charge in [-0.1, -0.05) is 58.3 Å². The van der Waals surface area contributed by atoms with Gasteiger partial charge in [-0.2, -0.15) is 13.2 Å². The van der Waals surface area contributed by atoms with Crippen LogP contribution in [0.2, 0.25) is 0 Å². The van der Waals surface area contributed by atoms with Crippen LogP contribution in [0.15, 0.2) is 24.3 Å². The Morgan fingerprint density at radius 1 is 1.00 bits per heavy atom. The summed E-state index contributed by atoms with van der Waals surface area (Å²) in [5.74, 6) is 1.21. The topological polar surface area (TPSA) is 26.3 Å². The molecular weight excluding hydrogens is 341 g/mol. The zero-order valence-corrected chi connectivity index (χ0v) is 15.5. The van der Waals surface area contributed by atoms with Crippen LogP contribution in [0.1, 0.15) is 76.7 Å². The first kappa shape index (κ1) is 20.8. The quantitative estimate of drug-likeness (QED) is 0.286. The van der Waals surface area contributed by atoms with E-state index in [0.717, 1.165) is 24.5 Å². The first-order valence-corrected chi connectivity index (χ1v) is 9.76. The largest absolute Gasteiger partial charge is 0.427 e. The Morgan fingerprint density at radius 2 is 1.58 bits per heavy atom. The van der Waals surface area contributed by atoms with Crippen molar-refractivity contribution in [1.82, 2.24) is 0 Å². The van der Waals surface area contributed by atoms with Crippen LogP contribution in [-0.4, -0.2) is 5.97 Å². The molecule has 0 saturated heterocycles. The van der Waals surface area contributed by atoms with Crippen LogP contribution >= 0.6 is 0 Å². The Bertz CT molecular complexity index is 543. The molecule has 5 heteroatoms. The molecule has 0 spiro atoms. The summed E-state index contributed by atoms with van der Waals surface area (Å²) in [6.45, 7) is 2.22. The predicted molar refractivity (Wildman–Crippen MR) is 95.9 cm³/mol. The number of rotatable bonds is 8. The fraction of sp³-hybridized carbons (Fsp3) is 0.667. The molecule has 0 aliphatic heterocycles. The fourth-order valence-corrected chi connectivity index (χ4v) is 3.71. The zero-order valence-electron chi connectivity index (χ0n) is 15.5. The van der Waals surface area contributed by atoms with E-state index in [1.807, 2.05) is 0 Å². The number of esters is 1. The summed E-state index contributed by atoms with van der Waals surface area (Å²) in [6.07, 6.45) is 6.83. The lowest BCUT2D eigenvalue weighted by molar-refractivity contribution is -0.137. The van der Waals surface area contributed by atoms with Gasteiger partial charge in [0.25, 0.3) is 0 Å². The summed E-state index contributed by atoms with van der Waals surface area (Å²) in [5.41, 5.74) is -0.743. The van der Waals surface area contributed by atoms with Crippen LogP contribution in [0.3, 0.4) is 0 Å². The fourth-order valence-electron chi connectivity index (χ4n) is 3.71. The van der Waals surface area contributed by atoms with E-state index < -0.39 is 11.7 Å². The normalized spacial score (nSPS) is 20.8. The highest BCUT2D eigenvalue weighted by Crippen LogP contribution is 2.34. The second-order valence-corrected chi connectivity index (χ2v) is 7.42. The number of halogens is 3. The molecule has 26 heavy (non-hydrogen) atoms. The van der Waals surface area contributed by atoms with Gasteiger partial charge in [0.05, 0.1) is 5.56 Å². The highest BCUT2D eigenvalue weighted by molar-refractivity contribution is 5.72. The second-order valence-electron chi connectivity index (χ2n) is 7.42. The molecule has 2 rings (SSSR count). The molecule has 1 saturated carbocycles. The molecule has 1 fully saturated rings. The number of alkyl halides is 3. The highest BCUT2D eigenvalue weighted by Gasteiger charge is 2.30. The molecule has 0 bridgehead atoms. The number of benzene rings is 1. The summed E-state index contributed by atoms with van der Waals surface area (Å²) < 4.78 is 42.7. The minimum Gasteiger partial charge on any atom is -0.427 e. The number of carbonyl (C=O) groups excluding carboxylic acids is 1. The van der Waals surface area contributed by atoms with Crippen molar-refractivity contribution in [2.75, 3.05) is 0 Å². The Morgan fingerprint density at radius 3 is 2.12 bits per heavy atom. The molecule has 0 radical (unpaired) electrons. The smallest absolute Gasteiger partial charge is 0.416 e. The third-order valence-corrected chi connectivity index (χ3v) is 5.35. The minimum absolute atomic E-state index is 0.169. The van der Waals surface area contributed by atoms with Gasteiger partial charge in [-0.05, 0) is 42.5 Å². The number of unbranched alkanes of at least 4 members (excludes halogenated alkanes) is 2. The molecule has 1 aliphatic carbocycles. The van der Waals surface area contributed by atoms with E-state index >= 15 is 0 Å². The minimum atomic E-state index is -4.38. The van der Waals surface area contributed by atoms with E-state index in [4.69, 9.17) is 4.74 Å². The Kier molecular flexibility index (Phi) is 7.98. The summed E-state index contributed by atoms with van der Waals surface area (Å²) in [5, 5.41) is 0. The van der Waals surface area contributed by atoms with E-state index in [1.54, 1.807) is 0 Å². The maximum atomic E-state index is 12.5. The first-order chi connectivity index (χ1) is 12.4. The lowest BCUT2D eigenvalue weighted by Crippen LogP contribution is -2.17. The van der Waals surface area contributed by atoms with Crippen molar-refractivity contribution in [3.8, 4) is 5.75 Å². The third-order valence-electron chi connectivity index (χ3n) is 5.35. The number of hydrogen-bond acceptors (Lipinski definition) is 2. The van der Waals surface area contributed by atoms with Gasteiger partial charge < -0.3 is 4.74 Å². The van der Waals surface area contributed by atoms with Crippen molar-refractivity contribution in [2.45, 2.75) is 77.3 Å². The Hall–Kier alpha value is -1.52. The number of carbonyl (C=O) groups is 1. The summed E-state index contributed by atoms with van der Waals surface area (Å²) in [6, 6.07) is 4.26. The Labute approximate surface area is 154 Å². The van der Waals surface area contributed by atoms with Crippen molar-refractivity contribution in [2.24, 2.45) is 11.8 Å². The molecule has 146 valence electrons. The number of hydrogen-bond donors (Lipinski definition) is 0. The van der Waals surface area contributed by atoms with E-state index in [9.17, 15) is 18.0 Å². The molecule has 2 nitrogen and oxygen atoms in total. The van der Waals surface area contributed by atoms with Crippen LogP contribution in [0, 0.1) is 11.8 Å². The van der Waals surface area contributed by atoms with Gasteiger partial charge in [0.15, 0.2) is 0 Å². The average molecular weight is 370 g/mol. The summed E-state index contributed by atoms with van der Waals surface area (Å²) in [4.78, 5) is 11.9. The van der Waals surface area contributed by atoms with E-state index in [0.29, 0.717) is 12.3 Å². The van der Waals surface area contributed by atoms with Crippen LogP contribution in [0.25, 0.3) is 0 Å². The standard InChI is InChI=1S/C21H29F3O2/c1-2-3-4-5-16-6-8-17(9-7-16)10-15-20(25)26-19-13-11-18(12-14-19)21(22,23)24/h11-14,16-17H,2-10,15H2,1H3. The third kappa shape index (κ3) is 7.00. The zero-order chi connectivity index (χ0) is 19.0. The SMILES string of the molecule is CCCCCC1CCC(CCC(=O)Oc2ccc(C(F)(F)F)cc2)CC1. The molecule has 0 atom stereocenters. The lowest BCUT2D eigenvalue weighted by Gasteiger charge is -2.28. The van der Waals surface area contributed by atoms with Crippen LogP contribution < -0.4 is 4.74 Å². The second kappa shape index (κ2) is 9.98. The van der Waals surface area contributed by atoms with Gasteiger partial charge in [-0.15, -0.1) is 0 Å². The maximum Gasteiger partial charge on any atom is 0.416 e. The predicted octanol–water partition coefficient (Wildman–Crippen LogP) is 6.78. The molecule has 0 heterocycles. The van der Waals surface area contributed by atoms with Gasteiger partial charge >= 0.3 is 12.1 Å². The van der Waals surface area contributed by atoms with Crippen LogP contribution in [-0.2, 0) is 11.0 Å². The molecule has 1 aromatic carbocycles. The van der Waals surface area contributed by atoms with Crippen molar-refractivity contribution in [3.05, 3.63) is 29.8 Å². The monoisotopic (exact) mass is 370 g/mol. The molecule has 0 amide bonds. The van der Waals surface area contributed by atoms with Crippen molar-refractivity contribution in [1.29, 1.82) is 0 Å². The van der Waals surface area contributed by atoms with Crippen LogP contribution in [0.4, 0.5) is 13.2 Å². The van der Waals surface area contributed by atoms with Gasteiger partial charge in [0.2, 0.25) is 0 Å². The maximum absolute atomic E-state index is 12.5. The van der Waals surface area contributed by atoms with Crippen molar-refractivity contribution < 1.29 is 22.7 Å². The molecule has 1 aliphatic rings.